The second-order valence-electron chi connectivity index (χ2n) is 5.61. The van der Waals surface area contributed by atoms with Crippen LogP contribution < -0.4 is 10.1 Å². The number of fused-ring (bicyclic) bond motifs is 1. The van der Waals surface area contributed by atoms with Crippen LogP contribution in [0.2, 0.25) is 0 Å². The Balaban J connectivity index is 1.88. The fourth-order valence-corrected chi connectivity index (χ4v) is 2.67. The van der Waals surface area contributed by atoms with Gasteiger partial charge in [-0.1, -0.05) is 30.3 Å². The molecule has 1 heterocycles. The number of aromatic nitrogens is 2. The summed E-state index contributed by atoms with van der Waals surface area (Å²) in [5.74, 6) is 1.54. The second-order valence-corrected chi connectivity index (χ2v) is 5.61. The van der Waals surface area contributed by atoms with Crippen molar-refractivity contribution in [3.63, 3.8) is 0 Å². The lowest BCUT2D eigenvalue weighted by Crippen LogP contribution is -2.28. The van der Waals surface area contributed by atoms with Gasteiger partial charge in [-0.2, -0.15) is 0 Å². The molecule has 5 heteroatoms. The van der Waals surface area contributed by atoms with E-state index in [0.29, 0.717) is 13.2 Å². The Bertz CT molecular complexity index is 855. The van der Waals surface area contributed by atoms with Crippen LogP contribution in [0.25, 0.3) is 11.0 Å². The number of nitrogens with one attached hydrogen (secondary N) is 1. The van der Waals surface area contributed by atoms with Gasteiger partial charge in [0, 0.05) is 6.54 Å². The largest absolute Gasteiger partial charge is 0.485 e. The van der Waals surface area contributed by atoms with Gasteiger partial charge in [0.05, 0.1) is 11.0 Å². The van der Waals surface area contributed by atoms with Crippen LogP contribution in [0.4, 0.5) is 0 Å². The summed E-state index contributed by atoms with van der Waals surface area (Å²) in [5.41, 5.74) is 2.88. The minimum absolute atomic E-state index is 0.0298. The van der Waals surface area contributed by atoms with Crippen LogP contribution >= 0.6 is 0 Å². The van der Waals surface area contributed by atoms with E-state index < -0.39 is 0 Å². The van der Waals surface area contributed by atoms with E-state index in [1.165, 1.54) is 0 Å². The highest BCUT2D eigenvalue weighted by molar-refractivity contribution is 5.81. The van der Waals surface area contributed by atoms with E-state index in [4.69, 9.17) is 4.74 Å². The molecule has 124 valence electrons. The van der Waals surface area contributed by atoms with Crippen LogP contribution in [0.3, 0.4) is 0 Å². The van der Waals surface area contributed by atoms with E-state index in [1.54, 1.807) is 0 Å². The molecule has 0 spiro atoms. The molecule has 2 aromatic carbocycles. The standard InChI is InChI=1S/C19H21N3O2/c1-3-20-19(23)12-22-16-10-6-5-9-15(16)21-18(22)13-24-17-11-7-4-8-14(17)2/h4-11H,3,12-13H2,1-2H3,(H,20,23). The van der Waals surface area contributed by atoms with Gasteiger partial charge in [-0.25, -0.2) is 4.98 Å². The number of amides is 1. The number of benzene rings is 2. The van der Waals surface area contributed by atoms with Crippen LogP contribution in [-0.4, -0.2) is 22.0 Å². The lowest BCUT2D eigenvalue weighted by molar-refractivity contribution is -0.121. The van der Waals surface area contributed by atoms with Gasteiger partial charge in [-0.05, 0) is 37.6 Å². The van der Waals surface area contributed by atoms with Gasteiger partial charge in [-0.3, -0.25) is 4.79 Å². The maximum atomic E-state index is 12.0. The Morgan fingerprint density at radius 1 is 1.17 bits per heavy atom. The third-order valence-corrected chi connectivity index (χ3v) is 3.86. The number of hydrogen-bond donors (Lipinski definition) is 1. The first-order valence-electron chi connectivity index (χ1n) is 8.08. The number of nitrogens with zero attached hydrogens (tertiary/aromatic N) is 2. The number of ether oxygens (including phenoxy) is 1. The highest BCUT2D eigenvalue weighted by Gasteiger charge is 2.14. The molecule has 24 heavy (non-hydrogen) atoms. The van der Waals surface area contributed by atoms with Crippen molar-refractivity contribution in [2.24, 2.45) is 0 Å². The van der Waals surface area contributed by atoms with Gasteiger partial charge >= 0.3 is 0 Å². The lowest BCUT2D eigenvalue weighted by Gasteiger charge is -2.11. The molecule has 1 aromatic heterocycles. The van der Waals surface area contributed by atoms with Crippen molar-refractivity contribution in [3.05, 3.63) is 59.9 Å². The van der Waals surface area contributed by atoms with Gasteiger partial charge in [0.25, 0.3) is 0 Å². The predicted molar refractivity (Wildman–Crippen MR) is 93.9 cm³/mol. The minimum Gasteiger partial charge on any atom is -0.485 e. The molecule has 0 aliphatic carbocycles. The zero-order valence-corrected chi connectivity index (χ0v) is 14.0. The number of carbonyl (C=O) groups excluding carboxylic acids is 1. The second kappa shape index (κ2) is 7.17. The van der Waals surface area contributed by atoms with Crippen LogP contribution in [0, 0.1) is 6.92 Å². The molecule has 0 atom stereocenters. The summed E-state index contributed by atoms with van der Waals surface area (Å²) < 4.78 is 7.83. The number of rotatable bonds is 6. The Morgan fingerprint density at radius 2 is 1.92 bits per heavy atom. The molecule has 1 amide bonds. The van der Waals surface area contributed by atoms with Gasteiger partial charge in [-0.15, -0.1) is 0 Å². The molecule has 3 rings (SSSR count). The molecule has 0 fully saturated rings. The third kappa shape index (κ3) is 3.40. The topological polar surface area (TPSA) is 56.2 Å². The Morgan fingerprint density at radius 3 is 2.71 bits per heavy atom. The fourth-order valence-electron chi connectivity index (χ4n) is 2.67. The third-order valence-electron chi connectivity index (χ3n) is 3.86. The Labute approximate surface area is 141 Å². The number of hydrogen-bond acceptors (Lipinski definition) is 3. The molecule has 5 nitrogen and oxygen atoms in total. The molecular weight excluding hydrogens is 302 g/mol. The van der Waals surface area contributed by atoms with Crippen molar-refractivity contribution in [1.29, 1.82) is 0 Å². The SMILES string of the molecule is CCNC(=O)Cn1c(COc2ccccc2C)nc2ccccc21. The quantitative estimate of drug-likeness (QED) is 0.758. The zero-order chi connectivity index (χ0) is 16.9. The van der Waals surface area contributed by atoms with Crippen LogP contribution in [0.5, 0.6) is 5.75 Å². The molecule has 0 radical (unpaired) electrons. The summed E-state index contributed by atoms with van der Waals surface area (Å²) in [4.78, 5) is 16.7. The number of likely N-dealkylation sites (N-methyl/N-ethyl adjacent to an activating group) is 1. The zero-order valence-electron chi connectivity index (χ0n) is 14.0. The van der Waals surface area contributed by atoms with Gasteiger partial charge in [0.1, 0.15) is 24.7 Å². The van der Waals surface area contributed by atoms with Crippen molar-refractivity contribution in [1.82, 2.24) is 14.9 Å². The molecule has 0 saturated heterocycles. The van der Waals surface area contributed by atoms with Crippen molar-refractivity contribution in [2.75, 3.05) is 6.54 Å². The summed E-state index contributed by atoms with van der Waals surface area (Å²) in [6.45, 7) is 5.08. The Kier molecular flexibility index (Phi) is 4.79. The van der Waals surface area contributed by atoms with Gasteiger partial charge < -0.3 is 14.6 Å². The van der Waals surface area contributed by atoms with Crippen molar-refractivity contribution < 1.29 is 9.53 Å². The maximum Gasteiger partial charge on any atom is 0.240 e. The minimum atomic E-state index is -0.0298. The summed E-state index contributed by atoms with van der Waals surface area (Å²) >= 11 is 0. The average Bonchev–Trinajstić information content (AvgIpc) is 2.92. The van der Waals surface area contributed by atoms with E-state index in [1.807, 2.05) is 66.9 Å². The van der Waals surface area contributed by atoms with Crippen LogP contribution in [0.1, 0.15) is 18.3 Å². The normalized spacial score (nSPS) is 10.8. The molecule has 0 aliphatic heterocycles. The van der Waals surface area contributed by atoms with Crippen molar-refractivity contribution in [2.45, 2.75) is 27.0 Å². The number of carbonyl (C=O) groups is 1. The maximum absolute atomic E-state index is 12.0. The molecule has 0 bridgehead atoms. The first-order chi connectivity index (χ1) is 11.7. The van der Waals surface area contributed by atoms with E-state index >= 15 is 0 Å². The molecule has 3 aromatic rings. The van der Waals surface area contributed by atoms with E-state index in [-0.39, 0.29) is 12.5 Å². The fraction of sp³-hybridized carbons (Fsp3) is 0.263. The first kappa shape index (κ1) is 16.1. The van der Waals surface area contributed by atoms with Crippen molar-refractivity contribution in [3.8, 4) is 5.75 Å². The highest BCUT2D eigenvalue weighted by atomic mass is 16.5. The first-order valence-corrected chi connectivity index (χ1v) is 8.08. The predicted octanol–water partition coefficient (Wildman–Crippen LogP) is 3.06. The number of aryl methyl sites for hydroxylation is 1. The number of imidazole rings is 1. The molecule has 0 unspecified atom stereocenters. The summed E-state index contributed by atoms with van der Waals surface area (Å²) in [7, 11) is 0. The van der Waals surface area contributed by atoms with E-state index in [0.717, 1.165) is 28.2 Å². The van der Waals surface area contributed by atoms with Crippen LogP contribution in [-0.2, 0) is 17.9 Å². The van der Waals surface area contributed by atoms with E-state index in [2.05, 4.69) is 10.3 Å². The smallest absolute Gasteiger partial charge is 0.240 e. The number of para-hydroxylation sites is 3. The Hall–Kier alpha value is -2.82. The molecular formula is C19H21N3O2. The lowest BCUT2D eigenvalue weighted by atomic mass is 10.2. The summed E-state index contributed by atoms with van der Waals surface area (Å²) in [6, 6.07) is 15.7. The molecule has 0 saturated carbocycles. The monoisotopic (exact) mass is 323 g/mol. The summed E-state index contributed by atoms with van der Waals surface area (Å²) in [6.07, 6.45) is 0. The summed E-state index contributed by atoms with van der Waals surface area (Å²) in [5, 5.41) is 2.83. The van der Waals surface area contributed by atoms with Crippen molar-refractivity contribution >= 4 is 16.9 Å². The van der Waals surface area contributed by atoms with E-state index in [9.17, 15) is 4.79 Å². The molecule has 1 N–H and O–H groups in total. The van der Waals surface area contributed by atoms with Crippen LogP contribution in [0.15, 0.2) is 48.5 Å². The van der Waals surface area contributed by atoms with Gasteiger partial charge in [0.2, 0.25) is 5.91 Å². The van der Waals surface area contributed by atoms with Gasteiger partial charge in [0.15, 0.2) is 0 Å². The molecule has 0 aliphatic rings. The highest BCUT2D eigenvalue weighted by Crippen LogP contribution is 2.20. The average molecular weight is 323 g/mol.